The van der Waals surface area contributed by atoms with Gasteiger partial charge in [-0.15, -0.1) is 0 Å². The van der Waals surface area contributed by atoms with Crippen molar-refractivity contribution in [3.63, 3.8) is 0 Å². The van der Waals surface area contributed by atoms with Gasteiger partial charge >= 0.3 is 0 Å². The second-order valence-electron chi connectivity index (χ2n) is 7.08. The van der Waals surface area contributed by atoms with Crippen molar-refractivity contribution in [2.75, 3.05) is 13.1 Å². The molecule has 1 fully saturated rings. The van der Waals surface area contributed by atoms with Crippen molar-refractivity contribution in [3.8, 4) is 0 Å². The molecule has 6 heteroatoms. The third kappa shape index (κ3) is 4.76. The van der Waals surface area contributed by atoms with Gasteiger partial charge < -0.3 is 14.7 Å². The zero-order valence-corrected chi connectivity index (χ0v) is 16.0. The monoisotopic (exact) mass is 369 g/mol. The van der Waals surface area contributed by atoms with Crippen LogP contribution in [0.2, 0.25) is 0 Å². The number of hydrogen-bond donors (Lipinski definition) is 1. The summed E-state index contributed by atoms with van der Waals surface area (Å²) in [7, 11) is 0. The average Bonchev–Trinajstić information content (AvgIpc) is 3.06. The maximum absolute atomic E-state index is 12.6. The highest BCUT2D eigenvalue weighted by Crippen LogP contribution is 2.19. The highest BCUT2D eigenvalue weighted by molar-refractivity contribution is 5.82. The van der Waals surface area contributed by atoms with Gasteiger partial charge in [-0.1, -0.05) is 42.4 Å². The predicted molar refractivity (Wildman–Crippen MR) is 102 cm³/mol. The fourth-order valence-electron chi connectivity index (χ4n) is 3.56. The minimum Gasteiger partial charge on any atom is -0.361 e. The molecule has 1 saturated heterocycles. The van der Waals surface area contributed by atoms with Crippen molar-refractivity contribution in [1.29, 1.82) is 0 Å². The quantitative estimate of drug-likeness (QED) is 0.849. The van der Waals surface area contributed by atoms with Crippen LogP contribution in [0.25, 0.3) is 0 Å². The van der Waals surface area contributed by atoms with Gasteiger partial charge in [-0.3, -0.25) is 9.59 Å². The minimum atomic E-state index is -0.163. The van der Waals surface area contributed by atoms with Crippen LogP contribution in [0.1, 0.15) is 42.3 Å². The number of likely N-dealkylation sites (tertiary alicyclic amines) is 1. The zero-order chi connectivity index (χ0) is 19.2. The molecule has 1 atom stereocenters. The van der Waals surface area contributed by atoms with Gasteiger partial charge in [-0.25, -0.2) is 0 Å². The van der Waals surface area contributed by atoms with Crippen LogP contribution < -0.4 is 5.32 Å². The Morgan fingerprint density at radius 3 is 2.81 bits per heavy atom. The average molecular weight is 369 g/mol. The first-order valence-electron chi connectivity index (χ1n) is 9.62. The molecule has 2 amide bonds. The molecule has 3 rings (SSSR count). The molecule has 144 valence electrons. The van der Waals surface area contributed by atoms with Crippen molar-refractivity contribution in [2.45, 2.75) is 46.1 Å². The Morgan fingerprint density at radius 1 is 1.30 bits per heavy atom. The van der Waals surface area contributed by atoms with Crippen molar-refractivity contribution >= 4 is 11.8 Å². The molecule has 0 aliphatic carbocycles. The number of aromatic nitrogens is 1. The van der Waals surface area contributed by atoms with Crippen molar-refractivity contribution in [1.82, 2.24) is 15.4 Å². The molecule has 0 spiro atoms. The summed E-state index contributed by atoms with van der Waals surface area (Å²) < 4.78 is 5.22. The van der Waals surface area contributed by atoms with E-state index in [4.69, 9.17) is 4.52 Å². The van der Waals surface area contributed by atoms with E-state index in [2.05, 4.69) is 10.5 Å². The standard InChI is InChI=1S/C21H27N3O3/c1-3-19-18(15(2)27-23-19)13-22-21(26)17-10-7-11-24(14-17)20(25)12-16-8-5-4-6-9-16/h4-6,8-9,17H,3,7,10-14H2,1-2H3,(H,22,26). The highest BCUT2D eigenvalue weighted by atomic mass is 16.5. The topological polar surface area (TPSA) is 75.4 Å². The third-order valence-electron chi connectivity index (χ3n) is 5.18. The Balaban J connectivity index is 1.54. The van der Waals surface area contributed by atoms with E-state index < -0.39 is 0 Å². The number of aryl methyl sites for hydroxylation is 2. The summed E-state index contributed by atoms with van der Waals surface area (Å²) in [5, 5.41) is 7.02. The molecular formula is C21H27N3O3. The molecule has 0 bridgehead atoms. The molecule has 1 aliphatic rings. The molecule has 6 nitrogen and oxygen atoms in total. The summed E-state index contributed by atoms with van der Waals surface area (Å²) >= 11 is 0. The molecule has 1 aliphatic heterocycles. The molecule has 0 radical (unpaired) electrons. The summed E-state index contributed by atoms with van der Waals surface area (Å²) in [5.74, 6) is 0.663. The van der Waals surface area contributed by atoms with E-state index in [9.17, 15) is 9.59 Å². The zero-order valence-electron chi connectivity index (χ0n) is 16.0. The van der Waals surface area contributed by atoms with Gasteiger partial charge in [0.25, 0.3) is 0 Å². The van der Waals surface area contributed by atoms with Crippen LogP contribution in [0.5, 0.6) is 0 Å². The summed E-state index contributed by atoms with van der Waals surface area (Å²) in [5.41, 5.74) is 2.85. The number of carbonyl (C=O) groups excluding carboxylic acids is 2. The van der Waals surface area contributed by atoms with E-state index in [0.717, 1.165) is 48.4 Å². The third-order valence-corrected chi connectivity index (χ3v) is 5.18. The van der Waals surface area contributed by atoms with E-state index >= 15 is 0 Å². The number of hydrogen-bond acceptors (Lipinski definition) is 4. The number of nitrogens with zero attached hydrogens (tertiary/aromatic N) is 2. The summed E-state index contributed by atoms with van der Waals surface area (Å²) in [6.45, 7) is 5.50. The summed E-state index contributed by atoms with van der Waals surface area (Å²) in [6.07, 6.45) is 2.82. The maximum Gasteiger partial charge on any atom is 0.227 e. The molecule has 1 aromatic heterocycles. The molecule has 1 aromatic carbocycles. The minimum absolute atomic E-state index is 0.00476. The van der Waals surface area contributed by atoms with Gasteiger partial charge in [0, 0.05) is 25.2 Å². The van der Waals surface area contributed by atoms with E-state index in [1.165, 1.54) is 0 Å². The number of rotatable bonds is 6. The number of benzene rings is 1. The van der Waals surface area contributed by atoms with Crippen LogP contribution in [0.15, 0.2) is 34.9 Å². The first kappa shape index (κ1) is 19.1. The maximum atomic E-state index is 12.6. The number of piperidine rings is 1. The van der Waals surface area contributed by atoms with Crippen LogP contribution in [0, 0.1) is 12.8 Å². The summed E-state index contributed by atoms with van der Waals surface area (Å²) in [6, 6.07) is 9.73. The lowest BCUT2D eigenvalue weighted by Crippen LogP contribution is -2.45. The fraction of sp³-hybridized carbons (Fsp3) is 0.476. The fourth-order valence-corrected chi connectivity index (χ4v) is 3.56. The van der Waals surface area contributed by atoms with E-state index in [1.807, 2.05) is 49.1 Å². The van der Waals surface area contributed by atoms with Gasteiger partial charge in [0.15, 0.2) is 0 Å². The second-order valence-corrected chi connectivity index (χ2v) is 7.08. The van der Waals surface area contributed by atoms with Gasteiger partial charge in [0.2, 0.25) is 11.8 Å². The molecule has 2 aromatic rings. The Bertz CT molecular complexity index is 785. The van der Waals surface area contributed by atoms with Gasteiger partial charge in [0.05, 0.1) is 18.0 Å². The highest BCUT2D eigenvalue weighted by Gasteiger charge is 2.28. The smallest absolute Gasteiger partial charge is 0.227 e. The van der Waals surface area contributed by atoms with E-state index in [0.29, 0.717) is 19.5 Å². The number of amides is 2. The molecule has 1 N–H and O–H groups in total. The lowest BCUT2D eigenvalue weighted by atomic mass is 9.96. The normalized spacial score (nSPS) is 17.0. The van der Waals surface area contributed by atoms with E-state index in [1.54, 1.807) is 0 Å². The Morgan fingerprint density at radius 2 is 2.07 bits per heavy atom. The molecule has 1 unspecified atom stereocenters. The molecule has 0 saturated carbocycles. The van der Waals surface area contributed by atoms with Crippen molar-refractivity contribution in [3.05, 3.63) is 52.9 Å². The van der Waals surface area contributed by atoms with Crippen LogP contribution >= 0.6 is 0 Å². The second kappa shape index (κ2) is 8.84. The van der Waals surface area contributed by atoms with Gasteiger partial charge in [-0.05, 0) is 31.7 Å². The molecule has 27 heavy (non-hydrogen) atoms. The Labute approximate surface area is 159 Å². The van der Waals surface area contributed by atoms with Gasteiger partial charge in [-0.2, -0.15) is 0 Å². The van der Waals surface area contributed by atoms with Crippen LogP contribution in [-0.4, -0.2) is 35.0 Å². The lowest BCUT2D eigenvalue weighted by molar-refractivity contribution is -0.135. The SMILES string of the molecule is CCc1noc(C)c1CNC(=O)C1CCCN(C(=O)Cc2ccccc2)C1. The van der Waals surface area contributed by atoms with Crippen LogP contribution in [-0.2, 0) is 29.0 Å². The number of nitrogens with one attached hydrogen (secondary N) is 1. The largest absolute Gasteiger partial charge is 0.361 e. The van der Waals surface area contributed by atoms with E-state index in [-0.39, 0.29) is 17.7 Å². The number of carbonyl (C=O) groups is 2. The lowest BCUT2D eigenvalue weighted by Gasteiger charge is -2.32. The molecule has 2 heterocycles. The Hall–Kier alpha value is -2.63. The van der Waals surface area contributed by atoms with Gasteiger partial charge in [0.1, 0.15) is 5.76 Å². The van der Waals surface area contributed by atoms with Crippen molar-refractivity contribution < 1.29 is 14.1 Å². The summed E-state index contributed by atoms with van der Waals surface area (Å²) in [4.78, 5) is 27.0. The van der Waals surface area contributed by atoms with Crippen LogP contribution in [0.4, 0.5) is 0 Å². The first-order chi connectivity index (χ1) is 13.1. The molecular weight excluding hydrogens is 342 g/mol. The van der Waals surface area contributed by atoms with Crippen molar-refractivity contribution in [2.24, 2.45) is 5.92 Å². The predicted octanol–water partition coefficient (Wildman–Crippen LogP) is 2.64. The Kier molecular flexibility index (Phi) is 6.27. The van der Waals surface area contributed by atoms with Crippen LogP contribution in [0.3, 0.4) is 0 Å². The first-order valence-corrected chi connectivity index (χ1v) is 9.62.